The van der Waals surface area contributed by atoms with Crippen molar-refractivity contribution in [1.82, 2.24) is 10.4 Å². The van der Waals surface area contributed by atoms with Gasteiger partial charge in [-0.2, -0.15) is 5.10 Å². The summed E-state index contributed by atoms with van der Waals surface area (Å²) in [5.74, 6) is -0.126. The lowest BCUT2D eigenvalue weighted by molar-refractivity contribution is -0.119. The summed E-state index contributed by atoms with van der Waals surface area (Å²) < 4.78 is 10.5. The summed E-state index contributed by atoms with van der Waals surface area (Å²) in [5, 5.41) is 4.77. The maximum absolute atomic E-state index is 12.6. The molecule has 0 aliphatic heterocycles. The Balaban J connectivity index is 1.74. The van der Waals surface area contributed by atoms with Crippen molar-refractivity contribution in [3.63, 3.8) is 0 Å². The van der Waals surface area contributed by atoms with Gasteiger partial charge in [-0.3, -0.25) is 14.6 Å². The lowest BCUT2D eigenvalue weighted by Crippen LogP contribution is -2.20. The third-order valence-corrected chi connectivity index (χ3v) is 4.03. The molecule has 2 aromatic carbocycles. The summed E-state index contributed by atoms with van der Waals surface area (Å²) in [6.45, 7) is 1.58. The van der Waals surface area contributed by atoms with Crippen LogP contribution >= 0.6 is 0 Å². The quantitative estimate of drug-likeness (QED) is 0.472. The Morgan fingerprint density at radius 3 is 2.72 bits per heavy atom. The number of carbonyl (C=O) groups is 2. The van der Waals surface area contributed by atoms with E-state index in [1.165, 1.54) is 13.3 Å². The van der Waals surface area contributed by atoms with Gasteiger partial charge in [-0.25, -0.2) is 5.43 Å². The molecule has 0 fully saturated rings. The van der Waals surface area contributed by atoms with Crippen LogP contribution in [0.4, 0.5) is 0 Å². The van der Waals surface area contributed by atoms with E-state index in [0.717, 1.165) is 16.6 Å². The van der Waals surface area contributed by atoms with Crippen molar-refractivity contribution in [3.05, 3.63) is 65.4 Å². The molecule has 0 unspecified atom stereocenters. The number of fused-ring (bicyclic) bond motifs is 1. The normalized spacial score (nSPS) is 10.8. The molecular formula is C21H20N4O4. The number of nitrogens with two attached hydrogens (primary N) is 1. The molecule has 3 aromatic rings. The van der Waals surface area contributed by atoms with Crippen molar-refractivity contribution in [3.8, 4) is 11.5 Å². The number of amides is 2. The smallest absolute Gasteiger partial charge is 0.272 e. The number of nitrogens with one attached hydrogen (secondary N) is 1. The number of para-hydroxylation sites is 1. The number of hydrogen-bond acceptors (Lipinski definition) is 6. The van der Waals surface area contributed by atoms with E-state index in [4.69, 9.17) is 15.2 Å². The maximum atomic E-state index is 12.6. The second-order valence-electron chi connectivity index (χ2n) is 6.19. The van der Waals surface area contributed by atoms with Gasteiger partial charge in [0.1, 0.15) is 0 Å². The first-order valence-corrected chi connectivity index (χ1v) is 8.77. The minimum Gasteiger partial charge on any atom is -0.493 e. The molecule has 8 heteroatoms. The molecule has 0 bridgehead atoms. The Hall–Kier alpha value is -3.94. The second kappa shape index (κ2) is 8.83. The molecule has 8 nitrogen and oxygen atoms in total. The number of hydrogen-bond donors (Lipinski definition) is 2. The second-order valence-corrected chi connectivity index (χ2v) is 6.19. The molecule has 0 spiro atoms. The lowest BCUT2D eigenvalue weighted by atomic mass is 10.1. The summed E-state index contributed by atoms with van der Waals surface area (Å²) in [4.78, 5) is 27.9. The highest BCUT2D eigenvalue weighted by atomic mass is 16.5. The predicted octanol–water partition coefficient (Wildman–Crippen LogP) is 2.18. The van der Waals surface area contributed by atoms with Crippen LogP contribution in [0.15, 0.2) is 53.6 Å². The number of aromatic nitrogens is 1. The van der Waals surface area contributed by atoms with Crippen LogP contribution in [0.25, 0.3) is 10.9 Å². The topological polar surface area (TPSA) is 116 Å². The fraction of sp³-hybridized carbons (Fsp3) is 0.143. The number of hydrazone groups is 1. The van der Waals surface area contributed by atoms with E-state index < -0.39 is 5.91 Å². The van der Waals surface area contributed by atoms with Crippen LogP contribution in [0.5, 0.6) is 11.5 Å². The molecular weight excluding hydrogens is 372 g/mol. The molecule has 3 rings (SSSR count). The zero-order chi connectivity index (χ0) is 20.8. The van der Waals surface area contributed by atoms with Crippen molar-refractivity contribution in [1.29, 1.82) is 0 Å². The van der Waals surface area contributed by atoms with E-state index in [0.29, 0.717) is 22.6 Å². The van der Waals surface area contributed by atoms with E-state index in [1.54, 1.807) is 24.3 Å². The minimum atomic E-state index is -0.584. The Morgan fingerprint density at radius 1 is 1.17 bits per heavy atom. The number of ether oxygens (including phenoxy) is 2. The van der Waals surface area contributed by atoms with Crippen LogP contribution in [-0.2, 0) is 4.79 Å². The largest absolute Gasteiger partial charge is 0.493 e. The first kappa shape index (κ1) is 19.8. The zero-order valence-corrected chi connectivity index (χ0v) is 16.0. The zero-order valence-electron chi connectivity index (χ0n) is 16.0. The predicted molar refractivity (Wildman–Crippen MR) is 109 cm³/mol. The van der Waals surface area contributed by atoms with Crippen molar-refractivity contribution < 1.29 is 19.1 Å². The van der Waals surface area contributed by atoms with Gasteiger partial charge in [-0.1, -0.05) is 18.2 Å². The molecule has 1 heterocycles. The third-order valence-electron chi connectivity index (χ3n) is 4.03. The number of rotatable bonds is 7. The molecule has 0 radical (unpaired) electrons. The van der Waals surface area contributed by atoms with Crippen molar-refractivity contribution in [2.24, 2.45) is 10.8 Å². The highest BCUT2D eigenvalue weighted by Crippen LogP contribution is 2.27. The number of methoxy groups -OCH3 is 1. The van der Waals surface area contributed by atoms with Crippen molar-refractivity contribution in [2.45, 2.75) is 6.92 Å². The Labute approximate surface area is 167 Å². The standard InChI is InChI=1S/C21H20N4O4/c1-13-9-16(15-5-3-4-6-17(15)24-13)21(27)25-23-11-14-7-8-18(19(10-14)28-2)29-12-20(22)26/h3-11H,12H2,1-2H3,(H2,22,26)(H,25,27)/b23-11-. The molecule has 148 valence electrons. The van der Waals surface area contributed by atoms with Gasteiger partial charge < -0.3 is 15.2 Å². The molecule has 0 aliphatic rings. The van der Waals surface area contributed by atoms with Crippen LogP contribution < -0.4 is 20.6 Å². The van der Waals surface area contributed by atoms with Gasteiger partial charge in [-0.15, -0.1) is 0 Å². The highest BCUT2D eigenvalue weighted by Gasteiger charge is 2.11. The molecule has 0 saturated heterocycles. The van der Waals surface area contributed by atoms with E-state index in [2.05, 4.69) is 15.5 Å². The van der Waals surface area contributed by atoms with Crippen LogP contribution in [0.1, 0.15) is 21.6 Å². The monoisotopic (exact) mass is 392 g/mol. The number of carbonyl (C=O) groups excluding carboxylic acids is 2. The summed E-state index contributed by atoms with van der Waals surface area (Å²) in [7, 11) is 1.48. The Kier molecular flexibility index (Phi) is 6.03. The van der Waals surface area contributed by atoms with Gasteiger partial charge in [-0.05, 0) is 42.8 Å². The van der Waals surface area contributed by atoms with Crippen molar-refractivity contribution >= 4 is 28.9 Å². The Bertz CT molecular complexity index is 1100. The van der Waals surface area contributed by atoms with Crippen LogP contribution in [-0.4, -0.2) is 36.7 Å². The van der Waals surface area contributed by atoms with Crippen molar-refractivity contribution in [2.75, 3.05) is 13.7 Å². The SMILES string of the molecule is COc1cc(/C=N\NC(=O)c2cc(C)nc3ccccc23)ccc1OCC(N)=O. The fourth-order valence-corrected chi connectivity index (χ4v) is 2.75. The molecule has 0 aliphatic carbocycles. The van der Waals surface area contributed by atoms with E-state index in [-0.39, 0.29) is 12.5 Å². The summed E-state index contributed by atoms with van der Waals surface area (Å²) in [5.41, 5.74) is 10.3. The molecule has 0 atom stereocenters. The Morgan fingerprint density at radius 2 is 1.97 bits per heavy atom. The molecule has 29 heavy (non-hydrogen) atoms. The number of nitrogens with zero attached hydrogens (tertiary/aromatic N) is 2. The van der Waals surface area contributed by atoms with Gasteiger partial charge in [0, 0.05) is 11.1 Å². The molecule has 3 N–H and O–H groups in total. The average molecular weight is 392 g/mol. The molecule has 2 amide bonds. The third kappa shape index (κ3) is 4.86. The lowest BCUT2D eigenvalue weighted by Gasteiger charge is -2.10. The summed E-state index contributed by atoms with van der Waals surface area (Å²) in [6, 6.07) is 14.2. The number of aryl methyl sites for hydroxylation is 1. The van der Waals surface area contributed by atoms with Gasteiger partial charge in [0.2, 0.25) is 0 Å². The van der Waals surface area contributed by atoms with Crippen LogP contribution in [0.3, 0.4) is 0 Å². The number of benzene rings is 2. The van der Waals surface area contributed by atoms with Crippen LogP contribution in [0.2, 0.25) is 0 Å². The van der Waals surface area contributed by atoms with Crippen LogP contribution in [0, 0.1) is 6.92 Å². The molecule has 1 aromatic heterocycles. The van der Waals surface area contributed by atoms with Gasteiger partial charge >= 0.3 is 0 Å². The van der Waals surface area contributed by atoms with Gasteiger partial charge in [0.25, 0.3) is 11.8 Å². The summed E-state index contributed by atoms with van der Waals surface area (Å²) >= 11 is 0. The highest BCUT2D eigenvalue weighted by molar-refractivity contribution is 6.06. The van der Waals surface area contributed by atoms with E-state index >= 15 is 0 Å². The summed E-state index contributed by atoms with van der Waals surface area (Å²) in [6.07, 6.45) is 1.48. The first-order valence-electron chi connectivity index (χ1n) is 8.77. The first-order chi connectivity index (χ1) is 14.0. The number of pyridine rings is 1. The minimum absolute atomic E-state index is 0.251. The fourth-order valence-electron chi connectivity index (χ4n) is 2.75. The molecule has 0 saturated carbocycles. The van der Waals surface area contributed by atoms with E-state index in [9.17, 15) is 9.59 Å². The van der Waals surface area contributed by atoms with Gasteiger partial charge in [0.15, 0.2) is 18.1 Å². The maximum Gasteiger partial charge on any atom is 0.272 e. The van der Waals surface area contributed by atoms with Gasteiger partial charge in [0.05, 0.1) is 24.4 Å². The average Bonchev–Trinajstić information content (AvgIpc) is 2.71. The number of primary amides is 1. The van der Waals surface area contributed by atoms with E-state index in [1.807, 2.05) is 31.2 Å².